The van der Waals surface area contributed by atoms with Gasteiger partial charge in [0.2, 0.25) is 0 Å². The number of aliphatic hydroxyl groups excluding tert-OH is 1. The molecule has 11 heteroatoms. The molecule has 2 aromatic rings. The number of alkyl halides is 2. The fraction of sp³-hybridized carbons (Fsp3) is 0.333. The second-order valence-electron chi connectivity index (χ2n) is 6.08. The molecule has 0 aliphatic heterocycles. The van der Waals surface area contributed by atoms with E-state index in [0.29, 0.717) is 30.2 Å². The molecule has 158 valence electrons. The third-order valence-corrected chi connectivity index (χ3v) is 3.76. The van der Waals surface area contributed by atoms with Crippen LogP contribution in [0, 0.1) is 5.41 Å². The second kappa shape index (κ2) is 9.67. The highest BCUT2D eigenvalue weighted by Gasteiger charge is 2.23. The lowest BCUT2D eigenvalue weighted by Crippen LogP contribution is -2.21. The topological polar surface area (TPSA) is 131 Å². The van der Waals surface area contributed by atoms with Crippen LogP contribution < -0.4 is 10.1 Å². The first-order valence-corrected chi connectivity index (χ1v) is 8.60. The summed E-state index contributed by atoms with van der Waals surface area (Å²) >= 11 is 0. The van der Waals surface area contributed by atoms with Crippen LogP contribution in [0.5, 0.6) is 5.75 Å². The SMILES string of the molecule is CCC(=N)c1c(C(O)CON(O)O)ccnc1Nc1ccc(OC(C)(F)F)cc1. The molecule has 0 spiro atoms. The number of ether oxygens (including phenoxy) is 1. The molecule has 0 aliphatic carbocycles. The molecule has 0 amide bonds. The molecule has 1 heterocycles. The molecule has 0 bridgehead atoms. The zero-order valence-corrected chi connectivity index (χ0v) is 15.8. The van der Waals surface area contributed by atoms with Crippen molar-refractivity contribution in [3.05, 3.63) is 47.7 Å². The van der Waals surface area contributed by atoms with Crippen LogP contribution in [-0.2, 0) is 4.84 Å². The number of hydrogen-bond donors (Lipinski definition) is 5. The van der Waals surface area contributed by atoms with Crippen molar-refractivity contribution in [2.24, 2.45) is 0 Å². The zero-order chi connectivity index (χ0) is 21.6. The Balaban J connectivity index is 2.30. The molecule has 9 nitrogen and oxygen atoms in total. The maximum atomic E-state index is 12.9. The Hall–Kier alpha value is -2.70. The summed E-state index contributed by atoms with van der Waals surface area (Å²) in [6.45, 7) is 1.92. The zero-order valence-electron chi connectivity index (χ0n) is 15.8. The van der Waals surface area contributed by atoms with Crippen LogP contribution in [0.15, 0.2) is 36.5 Å². The molecule has 1 aromatic carbocycles. The quantitative estimate of drug-likeness (QED) is 0.295. The van der Waals surface area contributed by atoms with Crippen molar-refractivity contribution in [1.82, 2.24) is 10.4 Å². The van der Waals surface area contributed by atoms with Crippen LogP contribution in [0.4, 0.5) is 20.3 Å². The fourth-order valence-corrected chi connectivity index (χ4v) is 2.52. The molecule has 0 saturated carbocycles. The fourth-order valence-electron chi connectivity index (χ4n) is 2.52. The summed E-state index contributed by atoms with van der Waals surface area (Å²) < 4.78 is 30.3. The predicted molar refractivity (Wildman–Crippen MR) is 98.7 cm³/mol. The Morgan fingerprint density at radius 2 is 1.93 bits per heavy atom. The molecule has 1 unspecified atom stereocenters. The molecule has 0 fully saturated rings. The van der Waals surface area contributed by atoms with Gasteiger partial charge in [0, 0.05) is 30.1 Å². The monoisotopic (exact) mass is 412 g/mol. The van der Waals surface area contributed by atoms with Gasteiger partial charge in [0.25, 0.3) is 0 Å². The minimum atomic E-state index is -3.30. The van der Waals surface area contributed by atoms with Crippen molar-refractivity contribution in [2.45, 2.75) is 32.5 Å². The Kier molecular flexibility index (Phi) is 7.53. The van der Waals surface area contributed by atoms with E-state index in [1.165, 1.54) is 36.5 Å². The number of rotatable bonds is 10. The molecule has 1 aromatic heterocycles. The lowest BCUT2D eigenvalue weighted by Gasteiger charge is -2.19. The molecule has 0 radical (unpaired) electrons. The highest BCUT2D eigenvalue weighted by Crippen LogP contribution is 2.29. The van der Waals surface area contributed by atoms with Gasteiger partial charge >= 0.3 is 6.11 Å². The van der Waals surface area contributed by atoms with E-state index >= 15 is 0 Å². The van der Waals surface area contributed by atoms with Gasteiger partial charge in [-0.2, -0.15) is 8.78 Å². The molecule has 5 N–H and O–H groups in total. The summed E-state index contributed by atoms with van der Waals surface area (Å²) in [5, 5.41) is 38.3. The molecule has 1 atom stereocenters. The predicted octanol–water partition coefficient (Wildman–Crippen LogP) is 3.64. The minimum absolute atomic E-state index is 0.0172. The summed E-state index contributed by atoms with van der Waals surface area (Å²) in [5.74, 6) is 0.240. The van der Waals surface area contributed by atoms with Crippen molar-refractivity contribution < 1.29 is 33.9 Å². The van der Waals surface area contributed by atoms with Gasteiger partial charge in [0.15, 0.2) is 0 Å². The first-order valence-electron chi connectivity index (χ1n) is 8.60. The van der Waals surface area contributed by atoms with Gasteiger partial charge in [-0.25, -0.2) is 9.82 Å². The van der Waals surface area contributed by atoms with Crippen molar-refractivity contribution in [1.29, 1.82) is 5.41 Å². The maximum Gasteiger partial charge on any atom is 0.394 e. The Labute approximate surface area is 165 Å². The van der Waals surface area contributed by atoms with Crippen LogP contribution >= 0.6 is 0 Å². The number of benzene rings is 1. The van der Waals surface area contributed by atoms with Gasteiger partial charge in [-0.3, -0.25) is 10.4 Å². The molecular weight excluding hydrogens is 390 g/mol. The van der Waals surface area contributed by atoms with Crippen molar-refractivity contribution >= 4 is 17.2 Å². The van der Waals surface area contributed by atoms with E-state index in [1.54, 1.807) is 6.92 Å². The summed E-state index contributed by atoms with van der Waals surface area (Å²) in [6.07, 6.45) is -2.83. The van der Waals surface area contributed by atoms with Crippen LogP contribution in [0.1, 0.15) is 37.5 Å². The first kappa shape index (κ1) is 22.6. The largest absolute Gasteiger partial charge is 0.433 e. The van der Waals surface area contributed by atoms with Crippen LogP contribution in [0.2, 0.25) is 0 Å². The number of pyridine rings is 1. The van der Waals surface area contributed by atoms with Crippen LogP contribution in [0.3, 0.4) is 0 Å². The van der Waals surface area contributed by atoms with E-state index < -0.39 is 24.2 Å². The lowest BCUT2D eigenvalue weighted by molar-refractivity contribution is -0.495. The number of nitrogens with one attached hydrogen (secondary N) is 2. The van der Waals surface area contributed by atoms with Crippen molar-refractivity contribution in [3.8, 4) is 5.75 Å². The van der Waals surface area contributed by atoms with E-state index in [4.69, 9.17) is 15.8 Å². The Morgan fingerprint density at radius 3 is 2.48 bits per heavy atom. The van der Waals surface area contributed by atoms with Crippen LogP contribution in [-0.4, -0.2) is 44.3 Å². The minimum Gasteiger partial charge on any atom is -0.433 e. The van der Waals surface area contributed by atoms with E-state index in [0.717, 1.165) is 0 Å². The third-order valence-electron chi connectivity index (χ3n) is 3.76. The molecule has 0 saturated heterocycles. The summed E-state index contributed by atoms with van der Waals surface area (Å²) in [4.78, 5) is 8.64. The van der Waals surface area contributed by atoms with Gasteiger partial charge in [-0.1, -0.05) is 6.92 Å². The van der Waals surface area contributed by atoms with Crippen molar-refractivity contribution in [3.63, 3.8) is 0 Å². The highest BCUT2D eigenvalue weighted by atomic mass is 19.3. The number of aliphatic hydroxyl groups is 1. The normalized spacial score (nSPS) is 12.7. The van der Waals surface area contributed by atoms with E-state index in [9.17, 15) is 13.9 Å². The third kappa shape index (κ3) is 6.69. The molecule has 29 heavy (non-hydrogen) atoms. The Morgan fingerprint density at radius 1 is 1.28 bits per heavy atom. The number of nitrogens with zero attached hydrogens (tertiary/aromatic N) is 2. The summed E-state index contributed by atoms with van der Waals surface area (Å²) in [7, 11) is 0. The number of hydrogen-bond acceptors (Lipinski definition) is 9. The average molecular weight is 412 g/mol. The number of halogens is 2. The number of anilines is 2. The van der Waals surface area contributed by atoms with E-state index in [2.05, 4.69) is 19.9 Å². The summed E-state index contributed by atoms with van der Waals surface area (Å²) in [6, 6.07) is 7.20. The molecule has 2 rings (SSSR count). The van der Waals surface area contributed by atoms with Gasteiger partial charge in [-0.15, -0.1) is 0 Å². The van der Waals surface area contributed by atoms with E-state index in [-0.39, 0.29) is 17.3 Å². The molecule has 0 aliphatic rings. The standard InChI is InChI=1S/C18H22F2N4O5/c1-3-14(21)16-13(15(25)10-28-24(26)27)8-9-22-17(16)23-11-4-6-12(7-5-11)29-18(2,19)20/h4-9,15,21,25-27H,3,10H2,1-2H3,(H,22,23). The van der Waals surface area contributed by atoms with Gasteiger partial charge in [0.05, 0.1) is 5.39 Å². The smallest absolute Gasteiger partial charge is 0.394 e. The second-order valence-corrected chi connectivity index (χ2v) is 6.08. The van der Waals surface area contributed by atoms with Crippen LogP contribution in [0.25, 0.3) is 0 Å². The first-order chi connectivity index (χ1) is 13.6. The lowest BCUT2D eigenvalue weighted by atomic mass is 9.98. The van der Waals surface area contributed by atoms with Crippen molar-refractivity contribution in [2.75, 3.05) is 11.9 Å². The van der Waals surface area contributed by atoms with Gasteiger partial charge in [0.1, 0.15) is 24.3 Å². The van der Waals surface area contributed by atoms with E-state index in [1.807, 2.05) is 0 Å². The maximum absolute atomic E-state index is 12.9. The van der Waals surface area contributed by atoms with Gasteiger partial charge in [-0.05, 0) is 42.3 Å². The number of aromatic nitrogens is 1. The average Bonchev–Trinajstić information content (AvgIpc) is 2.65. The highest BCUT2D eigenvalue weighted by molar-refractivity contribution is 6.04. The van der Waals surface area contributed by atoms with Gasteiger partial charge < -0.3 is 20.6 Å². The summed E-state index contributed by atoms with van der Waals surface area (Å²) in [5.41, 5.74) is 1.27. The molecular formula is C18H22F2N4O5. The Bertz CT molecular complexity index is 828.